The van der Waals surface area contributed by atoms with Crippen LogP contribution in [0, 0.1) is 0 Å². The van der Waals surface area contributed by atoms with Crippen LogP contribution in [0.3, 0.4) is 0 Å². The van der Waals surface area contributed by atoms with E-state index in [0.717, 1.165) is 24.0 Å². The maximum atomic E-state index is 11.4. The van der Waals surface area contributed by atoms with Crippen molar-refractivity contribution in [2.45, 2.75) is 13.3 Å². The van der Waals surface area contributed by atoms with Gasteiger partial charge in [0.25, 0.3) is 0 Å². The lowest BCUT2D eigenvalue weighted by molar-refractivity contribution is -0.138. The monoisotopic (exact) mass is 247 g/mol. The molecular formula is C13H17N3O2. The summed E-state index contributed by atoms with van der Waals surface area (Å²) in [6.45, 7) is 3.03. The Balaban J connectivity index is 2.26. The average molecular weight is 247 g/mol. The molecule has 1 aromatic carbocycles. The molecule has 0 bridgehead atoms. The first-order valence-electron chi connectivity index (χ1n) is 6.01. The Morgan fingerprint density at radius 3 is 2.89 bits per heavy atom. The molecule has 96 valence electrons. The van der Waals surface area contributed by atoms with Gasteiger partial charge in [0.05, 0.1) is 18.1 Å². The van der Waals surface area contributed by atoms with Crippen molar-refractivity contribution in [3.63, 3.8) is 0 Å². The van der Waals surface area contributed by atoms with Crippen LogP contribution in [0.15, 0.2) is 24.3 Å². The molecule has 0 amide bonds. The van der Waals surface area contributed by atoms with Gasteiger partial charge in [-0.25, -0.2) is 4.98 Å². The molecule has 0 aliphatic carbocycles. The SMILES string of the molecule is CCCN(CC(=O)OC)c1nc2ccccc2[nH]1. The van der Waals surface area contributed by atoms with Crippen LogP contribution >= 0.6 is 0 Å². The van der Waals surface area contributed by atoms with E-state index in [1.54, 1.807) is 0 Å². The van der Waals surface area contributed by atoms with E-state index in [0.29, 0.717) is 5.95 Å². The third-order valence-electron chi connectivity index (χ3n) is 2.72. The van der Waals surface area contributed by atoms with Gasteiger partial charge in [-0.3, -0.25) is 4.79 Å². The molecule has 5 nitrogen and oxygen atoms in total. The van der Waals surface area contributed by atoms with Gasteiger partial charge in [-0.05, 0) is 18.6 Å². The van der Waals surface area contributed by atoms with Gasteiger partial charge in [0, 0.05) is 6.54 Å². The quantitative estimate of drug-likeness (QED) is 0.820. The van der Waals surface area contributed by atoms with E-state index >= 15 is 0 Å². The third-order valence-corrected chi connectivity index (χ3v) is 2.72. The van der Waals surface area contributed by atoms with E-state index in [9.17, 15) is 4.79 Å². The first kappa shape index (κ1) is 12.4. The van der Waals surface area contributed by atoms with Gasteiger partial charge < -0.3 is 14.6 Å². The molecule has 0 fully saturated rings. The lowest BCUT2D eigenvalue weighted by Gasteiger charge is -2.19. The van der Waals surface area contributed by atoms with Crippen molar-refractivity contribution in [2.75, 3.05) is 25.1 Å². The van der Waals surface area contributed by atoms with Crippen molar-refractivity contribution in [3.05, 3.63) is 24.3 Å². The van der Waals surface area contributed by atoms with Crippen LogP contribution in [0.25, 0.3) is 11.0 Å². The molecule has 0 aliphatic heterocycles. The number of nitrogens with one attached hydrogen (secondary N) is 1. The molecule has 0 saturated heterocycles. The smallest absolute Gasteiger partial charge is 0.325 e. The molecule has 18 heavy (non-hydrogen) atoms. The number of aromatic amines is 1. The largest absolute Gasteiger partial charge is 0.468 e. The van der Waals surface area contributed by atoms with Crippen LogP contribution in [0.1, 0.15) is 13.3 Å². The lowest BCUT2D eigenvalue weighted by atomic mass is 10.3. The fraction of sp³-hybridized carbons (Fsp3) is 0.385. The Morgan fingerprint density at radius 1 is 1.44 bits per heavy atom. The molecule has 2 rings (SSSR count). The van der Waals surface area contributed by atoms with Gasteiger partial charge >= 0.3 is 5.97 Å². The number of nitrogens with zero attached hydrogens (tertiary/aromatic N) is 2. The number of anilines is 1. The van der Waals surface area contributed by atoms with Crippen molar-refractivity contribution in [2.24, 2.45) is 0 Å². The summed E-state index contributed by atoms with van der Waals surface area (Å²) < 4.78 is 4.70. The minimum absolute atomic E-state index is 0.212. The number of carbonyl (C=O) groups excluding carboxylic acids is 1. The highest BCUT2D eigenvalue weighted by Gasteiger charge is 2.14. The van der Waals surface area contributed by atoms with Crippen LogP contribution in [0.5, 0.6) is 0 Å². The van der Waals surface area contributed by atoms with Crippen LogP contribution in [-0.4, -0.2) is 36.1 Å². The maximum Gasteiger partial charge on any atom is 0.325 e. The first-order chi connectivity index (χ1) is 8.74. The Hall–Kier alpha value is -2.04. The molecule has 1 N–H and O–H groups in total. The van der Waals surface area contributed by atoms with Crippen LogP contribution in [-0.2, 0) is 9.53 Å². The number of imidazole rings is 1. The number of hydrogen-bond acceptors (Lipinski definition) is 4. The number of ether oxygens (including phenoxy) is 1. The number of fused-ring (bicyclic) bond motifs is 1. The summed E-state index contributed by atoms with van der Waals surface area (Å²) in [5.41, 5.74) is 1.87. The first-order valence-corrected chi connectivity index (χ1v) is 6.01. The zero-order valence-corrected chi connectivity index (χ0v) is 10.6. The van der Waals surface area contributed by atoms with Crippen molar-refractivity contribution >= 4 is 23.0 Å². The number of rotatable bonds is 5. The highest BCUT2D eigenvalue weighted by atomic mass is 16.5. The fourth-order valence-electron chi connectivity index (χ4n) is 1.84. The van der Waals surface area contributed by atoms with Gasteiger partial charge in [0.2, 0.25) is 5.95 Å². The highest BCUT2D eigenvalue weighted by molar-refractivity contribution is 5.79. The summed E-state index contributed by atoms with van der Waals surface area (Å²) in [7, 11) is 1.39. The van der Waals surface area contributed by atoms with E-state index in [1.165, 1.54) is 7.11 Å². The number of hydrogen-bond donors (Lipinski definition) is 1. The van der Waals surface area contributed by atoms with Gasteiger partial charge in [-0.1, -0.05) is 19.1 Å². The van der Waals surface area contributed by atoms with Gasteiger partial charge in [-0.15, -0.1) is 0 Å². The molecule has 0 saturated carbocycles. The molecule has 1 heterocycles. The molecule has 0 atom stereocenters. The van der Waals surface area contributed by atoms with Crippen molar-refractivity contribution in [1.82, 2.24) is 9.97 Å². The second-order valence-corrected chi connectivity index (χ2v) is 4.08. The normalized spacial score (nSPS) is 10.6. The molecule has 0 unspecified atom stereocenters. The second kappa shape index (κ2) is 5.53. The summed E-state index contributed by atoms with van der Waals surface area (Å²) in [5.74, 6) is 0.451. The zero-order chi connectivity index (χ0) is 13.0. The predicted octanol–water partition coefficient (Wildman–Crippen LogP) is 1.95. The zero-order valence-electron chi connectivity index (χ0n) is 10.6. The van der Waals surface area contributed by atoms with E-state index < -0.39 is 0 Å². The Kier molecular flexibility index (Phi) is 3.82. The number of carbonyl (C=O) groups is 1. The number of methoxy groups -OCH3 is 1. The minimum atomic E-state index is -0.260. The average Bonchev–Trinajstić information content (AvgIpc) is 2.81. The lowest BCUT2D eigenvalue weighted by Crippen LogP contribution is -2.32. The summed E-state index contributed by atoms with van der Waals surface area (Å²) >= 11 is 0. The Labute approximate surface area is 106 Å². The molecule has 1 aromatic heterocycles. The van der Waals surface area contributed by atoms with E-state index in [1.807, 2.05) is 29.2 Å². The van der Waals surface area contributed by atoms with Gasteiger partial charge in [-0.2, -0.15) is 0 Å². The summed E-state index contributed by atoms with van der Waals surface area (Å²) in [6.07, 6.45) is 0.939. The van der Waals surface area contributed by atoms with E-state index in [-0.39, 0.29) is 12.5 Å². The van der Waals surface area contributed by atoms with E-state index in [2.05, 4.69) is 16.9 Å². The number of aromatic nitrogens is 2. The fourth-order valence-corrected chi connectivity index (χ4v) is 1.84. The molecule has 0 radical (unpaired) electrons. The predicted molar refractivity (Wildman–Crippen MR) is 70.6 cm³/mol. The summed E-state index contributed by atoms with van der Waals surface area (Å²) in [6, 6.07) is 7.80. The van der Waals surface area contributed by atoms with Gasteiger partial charge in [0.1, 0.15) is 6.54 Å². The number of benzene rings is 1. The summed E-state index contributed by atoms with van der Waals surface area (Å²) in [5, 5.41) is 0. The van der Waals surface area contributed by atoms with Crippen LogP contribution < -0.4 is 4.90 Å². The molecule has 5 heteroatoms. The van der Waals surface area contributed by atoms with Crippen LogP contribution in [0.2, 0.25) is 0 Å². The standard InChI is InChI=1S/C13H17N3O2/c1-3-8-16(9-12(17)18-2)13-14-10-6-4-5-7-11(10)15-13/h4-7H,3,8-9H2,1-2H3,(H,14,15). The highest BCUT2D eigenvalue weighted by Crippen LogP contribution is 2.17. The summed E-state index contributed by atoms with van der Waals surface area (Å²) in [4.78, 5) is 21.0. The molecule has 0 aliphatic rings. The van der Waals surface area contributed by atoms with Crippen LogP contribution in [0.4, 0.5) is 5.95 Å². The number of esters is 1. The number of para-hydroxylation sites is 2. The molecular weight excluding hydrogens is 230 g/mol. The minimum Gasteiger partial charge on any atom is -0.468 e. The Morgan fingerprint density at radius 2 is 2.22 bits per heavy atom. The van der Waals surface area contributed by atoms with Crippen molar-refractivity contribution in [3.8, 4) is 0 Å². The molecule has 2 aromatic rings. The number of H-pyrrole nitrogens is 1. The molecule has 0 spiro atoms. The van der Waals surface area contributed by atoms with Crippen molar-refractivity contribution in [1.29, 1.82) is 0 Å². The topological polar surface area (TPSA) is 58.2 Å². The maximum absolute atomic E-state index is 11.4. The van der Waals surface area contributed by atoms with Crippen molar-refractivity contribution < 1.29 is 9.53 Å². The van der Waals surface area contributed by atoms with Gasteiger partial charge in [0.15, 0.2) is 0 Å². The third kappa shape index (κ3) is 2.61. The second-order valence-electron chi connectivity index (χ2n) is 4.08. The van der Waals surface area contributed by atoms with E-state index in [4.69, 9.17) is 4.74 Å². The Bertz CT molecular complexity index is 503.